The van der Waals surface area contributed by atoms with E-state index in [1.807, 2.05) is 57.7 Å². The molecule has 0 radical (unpaired) electrons. The minimum absolute atomic E-state index is 0.0597. The number of aromatic nitrogens is 4. The molecular weight excluding hydrogens is 540 g/mol. The number of thioether (sulfide) groups is 1. The molecule has 42 heavy (non-hydrogen) atoms. The minimum Gasteiger partial charge on any atom is -0.315 e. The Kier molecular flexibility index (Phi) is 6.67. The van der Waals surface area contributed by atoms with Crippen molar-refractivity contribution in [2.75, 3.05) is 0 Å². The topological polar surface area (TPSA) is 75.9 Å². The summed E-state index contributed by atoms with van der Waals surface area (Å²) in [7, 11) is 0. The number of tetrazole rings is 1. The van der Waals surface area contributed by atoms with E-state index in [-0.39, 0.29) is 22.1 Å². The van der Waals surface area contributed by atoms with Gasteiger partial charge in [0.2, 0.25) is 5.91 Å². The predicted molar refractivity (Wildman–Crippen MR) is 165 cm³/mol. The summed E-state index contributed by atoms with van der Waals surface area (Å²) in [5.41, 5.74) is 3.63. The number of carbonyl (C=O) groups excluding carboxylic acids is 1. The van der Waals surface area contributed by atoms with E-state index >= 15 is 0 Å². The van der Waals surface area contributed by atoms with Crippen LogP contribution in [0.25, 0.3) is 0 Å². The van der Waals surface area contributed by atoms with Gasteiger partial charge in [-0.25, -0.2) is 4.68 Å². The maximum Gasteiger partial charge on any atom is 0.244 e. The van der Waals surface area contributed by atoms with E-state index in [4.69, 9.17) is 0 Å². The molecule has 2 fully saturated rings. The molecule has 0 spiro atoms. The molecule has 1 N–H and O–H groups in total. The number of hydrogen-bond donors (Lipinski definition) is 1. The molecule has 8 heteroatoms. The zero-order chi connectivity index (χ0) is 28.7. The van der Waals surface area contributed by atoms with Crippen molar-refractivity contribution in [3.05, 3.63) is 149 Å². The molecule has 2 unspecified atom stereocenters. The fraction of sp³-hybridized carbons (Fsp3) is 0.235. The molecule has 0 aliphatic carbocycles. The number of carbonyl (C=O) groups is 1. The van der Waals surface area contributed by atoms with Crippen molar-refractivity contribution < 1.29 is 4.79 Å². The van der Waals surface area contributed by atoms with Crippen LogP contribution in [-0.4, -0.2) is 47.2 Å². The number of β-lactam (4-membered cyclic amide) rings is 1. The fourth-order valence-corrected chi connectivity index (χ4v) is 8.12. The highest BCUT2D eigenvalue weighted by Crippen LogP contribution is 2.57. The second-order valence-electron chi connectivity index (χ2n) is 11.4. The van der Waals surface area contributed by atoms with Crippen molar-refractivity contribution in [3.8, 4) is 0 Å². The Bertz CT molecular complexity index is 1580. The molecule has 2 aliphatic rings. The Balaban J connectivity index is 1.27. The first-order valence-corrected chi connectivity index (χ1v) is 15.1. The SMILES string of the molecule is CC1(C)S[C@H]2C(NC(c3ccccc3)(c3ccccc3)c3ccccc3)C(=O)N2C1c1nnnn1Cc1ccccc1. The van der Waals surface area contributed by atoms with E-state index in [2.05, 4.69) is 120 Å². The van der Waals surface area contributed by atoms with Gasteiger partial charge in [0.1, 0.15) is 17.5 Å². The molecule has 2 aliphatic heterocycles. The lowest BCUT2D eigenvalue weighted by molar-refractivity contribution is -0.150. The summed E-state index contributed by atoms with van der Waals surface area (Å²) >= 11 is 1.81. The maximum atomic E-state index is 14.3. The van der Waals surface area contributed by atoms with Gasteiger partial charge in [0, 0.05) is 4.75 Å². The van der Waals surface area contributed by atoms with Crippen molar-refractivity contribution in [3.63, 3.8) is 0 Å². The maximum absolute atomic E-state index is 14.3. The van der Waals surface area contributed by atoms with Gasteiger partial charge in [-0.1, -0.05) is 121 Å². The van der Waals surface area contributed by atoms with Crippen molar-refractivity contribution in [2.45, 2.75) is 48.1 Å². The monoisotopic (exact) mass is 572 g/mol. The van der Waals surface area contributed by atoms with Gasteiger partial charge < -0.3 is 4.90 Å². The van der Waals surface area contributed by atoms with Crippen molar-refractivity contribution in [1.29, 1.82) is 0 Å². The number of fused-ring (bicyclic) bond motifs is 1. The predicted octanol–water partition coefficient (Wildman–Crippen LogP) is 5.41. The first-order valence-electron chi connectivity index (χ1n) is 14.2. The Morgan fingerprint density at radius 1 is 0.786 bits per heavy atom. The van der Waals surface area contributed by atoms with E-state index in [1.165, 1.54) is 0 Å². The van der Waals surface area contributed by atoms with Crippen molar-refractivity contribution >= 4 is 17.7 Å². The Hall–Kier alpha value is -4.27. The van der Waals surface area contributed by atoms with Gasteiger partial charge in [0.15, 0.2) is 5.82 Å². The zero-order valence-electron chi connectivity index (χ0n) is 23.5. The first-order chi connectivity index (χ1) is 20.5. The van der Waals surface area contributed by atoms with Gasteiger partial charge in [-0.05, 0) is 46.5 Å². The highest BCUT2D eigenvalue weighted by Gasteiger charge is 2.64. The zero-order valence-corrected chi connectivity index (χ0v) is 24.4. The number of benzene rings is 4. The lowest BCUT2D eigenvalue weighted by Gasteiger charge is -2.49. The average Bonchev–Trinajstić information content (AvgIpc) is 3.58. The first kappa shape index (κ1) is 26.6. The van der Waals surface area contributed by atoms with E-state index in [9.17, 15) is 4.79 Å². The highest BCUT2D eigenvalue weighted by molar-refractivity contribution is 8.01. The molecule has 3 atom stereocenters. The lowest BCUT2D eigenvalue weighted by atomic mass is 9.76. The van der Waals surface area contributed by atoms with Gasteiger partial charge in [0.25, 0.3) is 0 Å². The van der Waals surface area contributed by atoms with Crippen LogP contribution in [0.2, 0.25) is 0 Å². The largest absolute Gasteiger partial charge is 0.315 e. The Morgan fingerprint density at radius 2 is 1.29 bits per heavy atom. The summed E-state index contributed by atoms with van der Waals surface area (Å²) in [6.07, 6.45) is 0. The van der Waals surface area contributed by atoms with Crippen LogP contribution in [0.1, 0.15) is 48.0 Å². The normalized spacial score (nSPS) is 21.1. The molecule has 1 aromatic heterocycles. The molecular formula is C34H32N6OS. The molecule has 2 saturated heterocycles. The van der Waals surface area contributed by atoms with Gasteiger partial charge in [-0.15, -0.1) is 16.9 Å². The average molecular weight is 573 g/mol. The second-order valence-corrected chi connectivity index (χ2v) is 13.2. The number of nitrogens with one attached hydrogen (secondary N) is 1. The number of amides is 1. The van der Waals surface area contributed by atoms with E-state index in [1.54, 1.807) is 0 Å². The Labute approximate surface area is 250 Å². The van der Waals surface area contributed by atoms with Crippen LogP contribution in [0.3, 0.4) is 0 Å². The van der Waals surface area contributed by atoms with Crippen molar-refractivity contribution in [2.24, 2.45) is 0 Å². The quantitative estimate of drug-likeness (QED) is 0.198. The minimum atomic E-state index is -0.728. The third kappa shape index (κ3) is 4.33. The molecule has 5 aromatic rings. The molecule has 1 amide bonds. The second kappa shape index (κ2) is 10.5. The van der Waals surface area contributed by atoms with E-state index < -0.39 is 11.6 Å². The lowest BCUT2D eigenvalue weighted by Crippen LogP contribution is -2.70. The third-order valence-corrected chi connectivity index (χ3v) is 9.98. The third-order valence-electron chi connectivity index (χ3n) is 8.41. The van der Waals surface area contributed by atoms with Crippen LogP contribution in [0, 0.1) is 0 Å². The fourth-order valence-electron chi connectivity index (χ4n) is 6.49. The van der Waals surface area contributed by atoms with Crippen LogP contribution in [-0.2, 0) is 16.9 Å². The van der Waals surface area contributed by atoms with Crippen LogP contribution in [0.5, 0.6) is 0 Å². The molecule has 0 saturated carbocycles. The van der Waals surface area contributed by atoms with Gasteiger partial charge in [-0.2, -0.15) is 0 Å². The summed E-state index contributed by atoms with van der Waals surface area (Å²) in [6, 6.07) is 40.8. The van der Waals surface area contributed by atoms with E-state index in [0.29, 0.717) is 12.4 Å². The molecule has 7 nitrogen and oxygen atoms in total. The summed E-state index contributed by atoms with van der Waals surface area (Å²) in [5.74, 6) is 0.774. The summed E-state index contributed by atoms with van der Waals surface area (Å²) in [4.78, 5) is 16.2. The van der Waals surface area contributed by atoms with Gasteiger partial charge >= 0.3 is 0 Å². The smallest absolute Gasteiger partial charge is 0.244 e. The van der Waals surface area contributed by atoms with Crippen LogP contribution in [0.15, 0.2) is 121 Å². The Morgan fingerprint density at radius 3 is 1.81 bits per heavy atom. The van der Waals surface area contributed by atoms with Crippen LogP contribution < -0.4 is 5.32 Å². The number of rotatable bonds is 8. The molecule has 210 valence electrons. The van der Waals surface area contributed by atoms with Crippen LogP contribution in [0.4, 0.5) is 0 Å². The number of nitrogens with zero attached hydrogens (tertiary/aromatic N) is 5. The molecule has 4 aromatic carbocycles. The summed E-state index contributed by atoms with van der Waals surface area (Å²) in [5, 5.41) is 16.7. The standard InChI is InChI=1S/C34H32N6OS/c1-33(2)29(30-36-37-38-39(30)23-24-15-7-3-8-16-24)40-31(41)28(32(40)42-33)35-34(25-17-9-4-10-18-25,26-19-11-5-12-20-26)27-21-13-6-14-22-27/h3-22,28-29,32,35H,23H2,1-2H3/t28?,29?,32-/m0/s1. The molecule has 0 bridgehead atoms. The summed E-state index contributed by atoms with van der Waals surface area (Å²) < 4.78 is 1.54. The number of hydrogen-bond acceptors (Lipinski definition) is 6. The van der Waals surface area contributed by atoms with Gasteiger partial charge in [-0.3, -0.25) is 10.1 Å². The highest BCUT2D eigenvalue weighted by atomic mass is 32.2. The van der Waals surface area contributed by atoms with E-state index in [0.717, 1.165) is 22.3 Å². The van der Waals surface area contributed by atoms with Crippen LogP contribution >= 0.6 is 11.8 Å². The molecule has 7 rings (SSSR count). The molecule has 3 heterocycles. The van der Waals surface area contributed by atoms with Gasteiger partial charge in [0.05, 0.1) is 12.1 Å². The van der Waals surface area contributed by atoms with Crippen molar-refractivity contribution in [1.82, 2.24) is 30.4 Å². The summed E-state index contributed by atoms with van der Waals surface area (Å²) in [6.45, 7) is 4.92.